The van der Waals surface area contributed by atoms with Crippen molar-refractivity contribution in [3.8, 4) is 11.8 Å². The van der Waals surface area contributed by atoms with Crippen LogP contribution in [-0.2, 0) is 16.9 Å². The maximum Gasteiger partial charge on any atom is 0.348 e. The highest BCUT2D eigenvalue weighted by atomic mass is 32.2. The number of benzene rings is 1. The number of anilines is 1. The van der Waals surface area contributed by atoms with Gasteiger partial charge in [-0.2, -0.15) is 9.94 Å². The van der Waals surface area contributed by atoms with E-state index in [0.29, 0.717) is 31.9 Å². The number of carbonyl (C=O) groups is 1. The number of thioether (sulfide) groups is 1. The van der Waals surface area contributed by atoms with Crippen molar-refractivity contribution in [2.45, 2.75) is 44.0 Å². The van der Waals surface area contributed by atoms with Crippen molar-refractivity contribution in [3.63, 3.8) is 0 Å². The molecule has 0 saturated carbocycles. The number of ether oxygens (including phenoxy) is 1. The number of rotatable bonds is 9. The highest BCUT2D eigenvalue weighted by Gasteiger charge is 2.23. The average molecular weight is 443 g/mol. The van der Waals surface area contributed by atoms with Crippen molar-refractivity contribution < 1.29 is 9.53 Å². The number of nitrogens with zero attached hydrogens (tertiary/aromatic N) is 5. The Morgan fingerprint density at radius 1 is 1.33 bits per heavy atom. The van der Waals surface area contributed by atoms with Crippen LogP contribution in [0.4, 0.5) is 5.00 Å². The fourth-order valence-electron chi connectivity index (χ4n) is 2.86. The van der Waals surface area contributed by atoms with E-state index in [4.69, 9.17) is 10.5 Å². The van der Waals surface area contributed by atoms with Crippen LogP contribution >= 0.6 is 23.1 Å². The Morgan fingerprint density at radius 3 is 2.77 bits per heavy atom. The average Bonchev–Trinajstić information content (AvgIpc) is 3.35. The number of hydrogen-bond acceptors (Lipinski definition) is 9. The smallest absolute Gasteiger partial charge is 0.348 e. The van der Waals surface area contributed by atoms with Gasteiger partial charge < -0.3 is 10.5 Å². The van der Waals surface area contributed by atoms with Crippen molar-refractivity contribution in [1.29, 1.82) is 5.26 Å². The van der Waals surface area contributed by atoms with E-state index in [0.717, 1.165) is 36.3 Å². The van der Waals surface area contributed by atoms with E-state index in [1.54, 1.807) is 11.6 Å². The zero-order valence-electron chi connectivity index (χ0n) is 16.8. The summed E-state index contributed by atoms with van der Waals surface area (Å²) in [7, 11) is 0. The van der Waals surface area contributed by atoms with E-state index in [-0.39, 0.29) is 6.61 Å². The Kier molecular flexibility index (Phi) is 7.43. The number of nitrogen functional groups attached to an aromatic ring is 1. The van der Waals surface area contributed by atoms with E-state index in [2.05, 4.69) is 40.7 Å². The van der Waals surface area contributed by atoms with Crippen LogP contribution in [0.25, 0.3) is 5.69 Å². The molecule has 30 heavy (non-hydrogen) atoms. The van der Waals surface area contributed by atoms with Gasteiger partial charge in [0.15, 0.2) is 0 Å². The largest absolute Gasteiger partial charge is 0.462 e. The molecule has 8 nitrogen and oxygen atoms in total. The molecule has 10 heteroatoms. The van der Waals surface area contributed by atoms with Gasteiger partial charge >= 0.3 is 5.97 Å². The quantitative estimate of drug-likeness (QED) is 0.390. The molecule has 0 spiro atoms. The van der Waals surface area contributed by atoms with Crippen LogP contribution in [0, 0.1) is 11.3 Å². The zero-order valence-corrected chi connectivity index (χ0v) is 18.4. The van der Waals surface area contributed by atoms with E-state index < -0.39 is 5.97 Å². The van der Waals surface area contributed by atoms with Crippen LogP contribution < -0.4 is 5.73 Å². The second kappa shape index (κ2) is 10.2. The second-order valence-corrected chi connectivity index (χ2v) is 8.41. The monoisotopic (exact) mass is 442 g/mol. The summed E-state index contributed by atoms with van der Waals surface area (Å²) in [4.78, 5) is 12.6. The van der Waals surface area contributed by atoms with Gasteiger partial charge in [-0.05, 0) is 47.9 Å². The number of nitriles is 1. The molecular formula is C20H22N6O2S2. The summed E-state index contributed by atoms with van der Waals surface area (Å²) >= 11 is 2.40. The SMILES string of the molecule is CCCCc1ccc(-n2nnnc2SCc2c(C(=O)OCC)sc(N)c2C#N)cc1. The first-order valence-electron chi connectivity index (χ1n) is 9.57. The third kappa shape index (κ3) is 4.80. The Hall–Kier alpha value is -2.90. The van der Waals surface area contributed by atoms with Crippen molar-refractivity contribution in [2.75, 3.05) is 12.3 Å². The molecule has 2 heterocycles. The minimum absolute atomic E-state index is 0.248. The lowest BCUT2D eigenvalue weighted by atomic mass is 10.1. The molecule has 3 rings (SSSR count). The Balaban J connectivity index is 1.81. The highest BCUT2D eigenvalue weighted by molar-refractivity contribution is 7.98. The first-order chi connectivity index (χ1) is 14.6. The lowest BCUT2D eigenvalue weighted by molar-refractivity contribution is 0.0531. The van der Waals surface area contributed by atoms with Crippen LogP contribution in [0.2, 0.25) is 0 Å². The van der Waals surface area contributed by atoms with Gasteiger partial charge in [-0.3, -0.25) is 0 Å². The molecule has 0 atom stereocenters. The maximum atomic E-state index is 12.3. The number of tetrazole rings is 1. The molecule has 0 saturated heterocycles. The summed E-state index contributed by atoms with van der Waals surface area (Å²) in [5.41, 5.74) is 8.91. The van der Waals surface area contributed by atoms with Gasteiger partial charge in [0.2, 0.25) is 5.16 Å². The van der Waals surface area contributed by atoms with E-state index in [1.165, 1.54) is 17.3 Å². The maximum absolute atomic E-state index is 12.3. The van der Waals surface area contributed by atoms with Crippen LogP contribution in [-0.4, -0.2) is 32.8 Å². The molecule has 2 N–H and O–H groups in total. The Labute approximate surface area is 183 Å². The predicted octanol–water partition coefficient (Wildman–Crippen LogP) is 3.99. The van der Waals surface area contributed by atoms with Crippen molar-refractivity contribution in [1.82, 2.24) is 20.2 Å². The van der Waals surface area contributed by atoms with E-state index in [1.807, 2.05) is 12.1 Å². The van der Waals surface area contributed by atoms with E-state index >= 15 is 0 Å². The van der Waals surface area contributed by atoms with Crippen LogP contribution in [0.5, 0.6) is 0 Å². The van der Waals surface area contributed by atoms with Gasteiger partial charge in [0.1, 0.15) is 15.9 Å². The molecule has 3 aromatic rings. The molecule has 0 fully saturated rings. The number of unbranched alkanes of at least 4 members (excludes halogenated alkanes) is 1. The molecular weight excluding hydrogens is 420 g/mol. The number of nitrogens with two attached hydrogens (primary N) is 1. The molecule has 0 aliphatic rings. The summed E-state index contributed by atoms with van der Waals surface area (Å²) < 4.78 is 6.74. The number of aryl methyl sites for hydroxylation is 1. The number of esters is 1. The molecule has 156 valence electrons. The standard InChI is InChI=1S/C20H22N6O2S2/c1-3-5-6-13-7-9-14(10-8-13)26-20(23-24-25-26)29-12-16-15(11-21)18(22)30-17(16)19(27)28-4-2/h7-10H,3-6,12,22H2,1-2H3. The minimum Gasteiger partial charge on any atom is -0.462 e. The molecule has 0 aliphatic heterocycles. The summed E-state index contributed by atoms with van der Waals surface area (Å²) in [6.07, 6.45) is 3.35. The fourth-order valence-corrected chi connectivity index (χ4v) is 4.80. The molecule has 0 unspecified atom stereocenters. The van der Waals surface area contributed by atoms with Gasteiger partial charge in [0.05, 0.1) is 17.9 Å². The summed E-state index contributed by atoms with van der Waals surface area (Å²) in [5, 5.41) is 22.3. The lowest BCUT2D eigenvalue weighted by Crippen LogP contribution is -2.05. The zero-order chi connectivity index (χ0) is 21.5. The van der Waals surface area contributed by atoms with Gasteiger partial charge in [-0.15, -0.1) is 16.4 Å². The van der Waals surface area contributed by atoms with Gasteiger partial charge in [0, 0.05) is 11.3 Å². The normalized spacial score (nSPS) is 10.7. The van der Waals surface area contributed by atoms with Crippen LogP contribution in [0.15, 0.2) is 29.4 Å². The van der Waals surface area contributed by atoms with Crippen molar-refractivity contribution >= 4 is 34.1 Å². The van der Waals surface area contributed by atoms with E-state index in [9.17, 15) is 10.1 Å². The number of thiophene rings is 1. The van der Waals surface area contributed by atoms with Gasteiger partial charge in [0.25, 0.3) is 0 Å². The number of hydrogen-bond donors (Lipinski definition) is 1. The molecule has 1 aromatic carbocycles. The first kappa shape index (κ1) is 21.8. The molecule has 0 aliphatic carbocycles. The Morgan fingerprint density at radius 2 is 2.10 bits per heavy atom. The summed E-state index contributed by atoms with van der Waals surface area (Å²) in [6, 6.07) is 10.2. The summed E-state index contributed by atoms with van der Waals surface area (Å²) in [6.45, 7) is 4.15. The van der Waals surface area contributed by atoms with Crippen LogP contribution in [0.3, 0.4) is 0 Å². The summed E-state index contributed by atoms with van der Waals surface area (Å²) in [5.74, 6) is -0.159. The molecule has 0 radical (unpaired) electrons. The fraction of sp³-hybridized carbons (Fsp3) is 0.350. The number of carbonyl (C=O) groups excluding carboxylic acids is 1. The third-order valence-corrected chi connectivity index (χ3v) is 6.38. The molecule has 2 aromatic heterocycles. The van der Waals surface area contributed by atoms with Crippen molar-refractivity contribution in [2.24, 2.45) is 0 Å². The lowest BCUT2D eigenvalue weighted by Gasteiger charge is -2.07. The minimum atomic E-state index is -0.478. The van der Waals surface area contributed by atoms with Gasteiger partial charge in [-0.25, -0.2) is 4.79 Å². The molecule has 0 amide bonds. The predicted molar refractivity (Wildman–Crippen MR) is 117 cm³/mol. The van der Waals surface area contributed by atoms with Crippen molar-refractivity contribution in [3.05, 3.63) is 45.8 Å². The second-order valence-electron chi connectivity index (χ2n) is 6.41. The third-order valence-electron chi connectivity index (χ3n) is 4.39. The highest BCUT2D eigenvalue weighted by Crippen LogP contribution is 2.35. The first-order valence-corrected chi connectivity index (χ1v) is 11.4. The van der Waals surface area contributed by atoms with Crippen LogP contribution in [0.1, 0.15) is 53.1 Å². The molecule has 0 bridgehead atoms. The van der Waals surface area contributed by atoms with Gasteiger partial charge in [-0.1, -0.05) is 37.2 Å². The number of aromatic nitrogens is 4. The Bertz CT molecular complexity index is 1050. The topological polar surface area (TPSA) is 120 Å².